The van der Waals surface area contributed by atoms with Gasteiger partial charge in [0.15, 0.2) is 0 Å². The Hall–Kier alpha value is -1.02. The number of piperidine rings is 1. The lowest BCUT2D eigenvalue weighted by molar-refractivity contribution is -0.0341. The number of para-hydroxylation sites is 1. The van der Waals surface area contributed by atoms with Crippen molar-refractivity contribution < 1.29 is 0 Å². The van der Waals surface area contributed by atoms with Crippen LogP contribution in [0.1, 0.15) is 57.9 Å². The summed E-state index contributed by atoms with van der Waals surface area (Å²) < 4.78 is 0. The lowest BCUT2D eigenvalue weighted by Crippen LogP contribution is -2.64. The molecule has 1 spiro atoms. The molecule has 4 unspecified atom stereocenters. The molecule has 1 aliphatic carbocycles. The Labute approximate surface area is 140 Å². The van der Waals surface area contributed by atoms with Crippen LogP contribution < -0.4 is 4.90 Å². The van der Waals surface area contributed by atoms with Crippen LogP contribution in [0.4, 0.5) is 5.69 Å². The third-order valence-electron chi connectivity index (χ3n) is 8.01. The van der Waals surface area contributed by atoms with Crippen molar-refractivity contribution in [1.82, 2.24) is 4.90 Å². The molecular formula is C21H30N2. The van der Waals surface area contributed by atoms with Crippen LogP contribution >= 0.6 is 0 Å². The van der Waals surface area contributed by atoms with Gasteiger partial charge in [-0.1, -0.05) is 25.1 Å². The predicted octanol–water partition coefficient (Wildman–Crippen LogP) is 4.19. The van der Waals surface area contributed by atoms with E-state index in [4.69, 9.17) is 0 Å². The predicted molar refractivity (Wildman–Crippen MR) is 96.1 cm³/mol. The van der Waals surface area contributed by atoms with Gasteiger partial charge in [0.1, 0.15) is 0 Å². The molecule has 3 heterocycles. The Morgan fingerprint density at radius 3 is 2.78 bits per heavy atom. The molecule has 5 rings (SSSR count). The smallest absolute Gasteiger partial charge is 0.0408 e. The van der Waals surface area contributed by atoms with Crippen molar-refractivity contribution in [3.05, 3.63) is 29.8 Å². The van der Waals surface area contributed by atoms with Gasteiger partial charge < -0.3 is 4.90 Å². The van der Waals surface area contributed by atoms with Gasteiger partial charge in [0.25, 0.3) is 0 Å². The van der Waals surface area contributed by atoms with Gasteiger partial charge in [-0.2, -0.15) is 0 Å². The van der Waals surface area contributed by atoms with Crippen molar-refractivity contribution in [1.29, 1.82) is 0 Å². The van der Waals surface area contributed by atoms with E-state index >= 15 is 0 Å². The van der Waals surface area contributed by atoms with E-state index in [1.165, 1.54) is 51.6 Å². The van der Waals surface area contributed by atoms with Crippen LogP contribution in [0.3, 0.4) is 0 Å². The first kappa shape index (κ1) is 14.3. The molecule has 1 aromatic carbocycles. The van der Waals surface area contributed by atoms with Crippen molar-refractivity contribution in [2.45, 2.75) is 69.9 Å². The summed E-state index contributed by atoms with van der Waals surface area (Å²) in [5, 5.41) is 0. The van der Waals surface area contributed by atoms with E-state index < -0.39 is 0 Å². The number of rotatable bonds is 2. The van der Waals surface area contributed by atoms with Crippen molar-refractivity contribution in [2.75, 3.05) is 24.5 Å². The molecule has 0 aromatic heterocycles. The molecule has 2 saturated heterocycles. The number of anilines is 1. The fourth-order valence-electron chi connectivity index (χ4n) is 7.28. The Bertz CT molecular complexity index is 626. The summed E-state index contributed by atoms with van der Waals surface area (Å²) in [5.41, 5.74) is 4.25. The Kier molecular flexibility index (Phi) is 2.96. The second kappa shape index (κ2) is 4.75. The van der Waals surface area contributed by atoms with Crippen molar-refractivity contribution in [3.8, 4) is 0 Å². The highest BCUT2D eigenvalue weighted by atomic mass is 15.3. The minimum atomic E-state index is 0.418. The SMILES string of the molecule is CCN1c2ccccc2C23CCN4CCCC(CC)(CCC12)C43. The molecule has 0 bridgehead atoms. The third kappa shape index (κ3) is 1.54. The van der Waals surface area contributed by atoms with E-state index in [0.29, 0.717) is 10.8 Å². The zero-order valence-electron chi connectivity index (χ0n) is 14.7. The average molecular weight is 310 g/mol. The summed E-state index contributed by atoms with van der Waals surface area (Å²) in [5.74, 6) is 0. The molecule has 0 radical (unpaired) electrons. The summed E-state index contributed by atoms with van der Waals surface area (Å²) in [6.07, 6.45) is 8.49. The highest BCUT2D eigenvalue weighted by Gasteiger charge is 2.67. The Morgan fingerprint density at radius 1 is 1.09 bits per heavy atom. The standard InChI is InChI=1S/C21H30N2/c1-3-20-11-7-14-22-15-13-21(19(20)22)16-8-5-6-9-17(16)23(4-2)18(21)10-12-20/h5-6,8-9,18-19H,3-4,7,10-15H2,1-2H3. The van der Waals surface area contributed by atoms with Gasteiger partial charge in [-0.25, -0.2) is 0 Å². The molecule has 0 N–H and O–H groups in total. The summed E-state index contributed by atoms with van der Waals surface area (Å²) in [7, 11) is 0. The summed E-state index contributed by atoms with van der Waals surface area (Å²) >= 11 is 0. The van der Waals surface area contributed by atoms with Gasteiger partial charge in [-0.15, -0.1) is 0 Å². The monoisotopic (exact) mass is 310 g/mol. The number of fused-ring (bicyclic) bond motifs is 1. The average Bonchev–Trinajstić information content (AvgIpc) is 3.13. The second-order valence-corrected chi connectivity index (χ2v) is 8.41. The van der Waals surface area contributed by atoms with E-state index in [-0.39, 0.29) is 0 Å². The van der Waals surface area contributed by atoms with Crippen LogP contribution in [-0.4, -0.2) is 36.6 Å². The number of nitrogens with zero attached hydrogens (tertiary/aromatic N) is 2. The van der Waals surface area contributed by atoms with E-state index in [1.807, 2.05) is 0 Å². The van der Waals surface area contributed by atoms with Crippen molar-refractivity contribution in [2.24, 2.45) is 5.41 Å². The molecule has 3 aliphatic heterocycles. The topological polar surface area (TPSA) is 6.48 Å². The van der Waals surface area contributed by atoms with Gasteiger partial charge in [-0.05, 0) is 75.6 Å². The quantitative estimate of drug-likeness (QED) is 0.808. The van der Waals surface area contributed by atoms with Gasteiger partial charge >= 0.3 is 0 Å². The summed E-state index contributed by atoms with van der Waals surface area (Å²) in [6, 6.07) is 10.9. The second-order valence-electron chi connectivity index (χ2n) is 8.41. The van der Waals surface area contributed by atoms with Crippen LogP contribution in [0.15, 0.2) is 24.3 Å². The third-order valence-corrected chi connectivity index (χ3v) is 8.01. The highest BCUT2D eigenvalue weighted by molar-refractivity contribution is 5.66. The summed E-state index contributed by atoms with van der Waals surface area (Å²) in [6.45, 7) is 8.65. The molecule has 4 atom stereocenters. The van der Waals surface area contributed by atoms with Gasteiger partial charge in [0, 0.05) is 29.7 Å². The molecule has 0 amide bonds. The largest absolute Gasteiger partial charge is 0.368 e. The van der Waals surface area contributed by atoms with E-state index in [9.17, 15) is 0 Å². The fraction of sp³-hybridized carbons (Fsp3) is 0.714. The van der Waals surface area contributed by atoms with E-state index in [1.54, 1.807) is 11.3 Å². The normalized spacial score (nSPS) is 41.6. The lowest BCUT2D eigenvalue weighted by atomic mass is 9.52. The summed E-state index contributed by atoms with van der Waals surface area (Å²) in [4.78, 5) is 5.65. The van der Waals surface area contributed by atoms with E-state index in [0.717, 1.165) is 18.6 Å². The minimum Gasteiger partial charge on any atom is -0.368 e. The molecule has 1 aromatic rings. The van der Waals surface area contributed by atoms with Crippen molar-refractivity contribution in [3.63, 3.8) is 0 Å². The number of benzene rings is 1. The zero-order valence-corrected chi connectivity index (χ0v) is 14.7. The van der Waals surface area contributed by atoms with Crippen molar-refractivity contribution >= 4 is 5.69 Å². The van der Waals surface area contributed by atoms with Crippen LogP contribution in [0.2, 0.25) is 0 Å². The molecule has 4 aliphatic rings. The highest BCUT2D eigenvalue weighted by Crippen LogP contribution is 2.65. The van der Waals surface area contributed by atoms with Crippen LogP contribution in [-0.2, 0) is 5.41 Å². The maximum atomic E-state index is 2.90. The fourth-order valence-corrected chi connectivity index (χ4v) is 7.28. The van der Waals surface area contributed by atoms with Crippen LogP contribution in [0.5, 0.6) is 0 Å². The molecule has 2 nitrogen and oxygen atoms in total. The number of hydrogen-bond acceptors (Lipinski definition) is 2. The molecule has 3 fully saturated rings. The zero-order chi connectivity index (χ0) is 15.7. The Morgan fingerprint density at radius 2 is 1.96 bits per heavy atom. The number of hydrogen-bond donors (Lipinski definition) is 0. The molecule has 1 saturated carbocycles. The molecule has 124 valence electrons. The van der Waals surface area contributed by atoms with Gasteiger partial charge in [-0.3, -0.25) is 4.90 Å². The Balaban J connectivity index is 1.73. The van der Waals surface area contributed by atoms with Crippen LogP contribution in [0, 0.1) is 5.41 Å². The van der Waals surface area contributed by atoms with Crippen LogP contribution in [0.25, 0.3) is 0 Å². The van der Waals surface area contributed by atoms with E-state index in [2.05, 4.69) is 47.9 Å². The van der Waals surface area contributed by atoms with Gasteiger partial charge in [0.05, 0.1) is 0 Å². The number of likely N-dealkylation sites (N-methyl/N-ethyl adjacent to an activating group) is 1. The van der Waals surface area contributed by atoms with Gasteiger partial charge in [0.2, 0.25) is 0 Å². The lowest BCUT2D eigenvalue weighted by Gasteiger charge is -2.58. The first-order valence-electron chi connectivity index (χ1n) is 9.87. The first-order chi connectivity index (χ1) is 11.3. The first-order valence-corrected chi connectivity index (χ1v) is 9.87. The maximum Gasteiger partial charge on any atom is 0.0408 e. The molecule has 23 heavy (non-hydrogen) atoms. The minimum absolute atomic E-state index is 0.418. The molecule has 2 heteroatoms. The molecular weight excluding hydrogens is 280 g/mol. The maximum absolute atomic E-state index is 2.90.